The molecular formula is C12H23N3O2. The zero-order valence-electron chi connectivity index (χ0n) is 10.5. The Morgan fingerprint density at radius 3 is 2.71 bits per heavy atom. The number of ether oxygens (including phenoxy) is 1. The standard InChI is InChI=1S/C12H23N3O2/c1-9-2-3-10(8-11(9)13)12(16)14-15-4-6-17-7-5-15/h9-11H,2-8,13H2,1H3,(H,14,16). The molecule has 1 saturated heterocycles. The average molecular weight is 241 g/mol. The van der Waals surface area contributed by atoms with Gasteiger partial charge in [0, 0.05) is 25.0 Å². The first kappa shape index (κ1) is 12.8. The van der Waals surface area contributed by atoms with E-state index in [2.05, 4.69) is 12.3 Å². The van der Waals surface area contributed by atoms with Crippen molar-refractivity contribution in [3.8, 4) is 0 Å². The quantitative estimate of drug-likeness (QED) is 0.720. The van der Waals surface area contributed by atoms with E-state index < -0.39 is 0 Å². The molecule has 1 aliphatic carbocycles. The van der Waals surface area contributed by atoms with Gasteiger partial charge in [0.15, 0.2) is 0 Å². The van der Waals surface area contributed by atoms with Crippen molar-refractivity contribution in [2.45, 2.75) is 32.2 Å². The second-order valence-electron chi connectivity index (χ2n) is 5.23. The molecule has 0 radical (unpaired) electrons. The summed E-state index contributed by atoms with van der Waals surface area (Å²) in [4.78, 5) is 12.1. The first-order chi connectivity index (χ1) is 8.16. The van der Waals surface area contributed by atoms with Gasteiger partial charge in [-0.3, -0.25) is 10.2 Å². The van der Waals surface area contributed by atoms with E-state index in [0.29, 0.717) is 19.1 Å². The van der Waals surface area contributed by atoms with Gasteiger partial charge in [-0.15, -0.1) is 0 Å². The van der Waals surface area contributed by atoms with Crippen LogP contribution in [0.5, 0.6) is 0 Å². The number of morpholine rings is 1. The summed E-state index contributed by atoms with van der Waals surface area (Å²) < 4.78 is 5.24. The van der Waals surface area contributed by atoms with Crippen LogP contribution in [0.25, 0.3) is 0 Å². The highest BCUT2D eigenvalue weighted by Crippen LogP contribution is 2.27. The number of hydrogen-bond acceptors (Lipinski definition) is 4. The average Bonchev–Trinajstić information content (AvgIpc) is 2.34. The molecule has 2 fully saturated rings. The van der Waals surface area contributed by atoms with Crippen molar-refractivity contribution >= 4 is 5.91 Å². The maximum Gasteiger partial charge on any atom is 0.237 e. The minimum absolute atomic E-state index is 0.0871. The smallest absolute Gasteiger partial charge is 0.237 e. The molecule has 3 N–H and O–H groups in total. The van der Waals surface area contributed by atoms with Gasteiger partial charge in [0.1, 0.15) is 0 Å². The van der Waals surface area contributed by atoms with Crippen molar-refractivity contribution in [2.75, 3.05) is 26.3 Å². The van der Waals surface area contributed by atoms with E-state index in [1.54, 1.807) is 0 Å². The van der Waals surface area contributed by atoms with E-state index >= 15 is 0 Å². The molecule has 2 aliphatic rings. The Bertz CT molecular complexity index is 266. The highest BCUT2D eigenvalue weighted by Gasteiger charge is 2.30. The lowest BCUT2D eigenvalue weighted by atomic mass is 9.79. The second-order valence-corrected chi connectivity index (χ2v) is 5.23. The molecule has 17 heavy (non-hydrogen) atoms. The zero-order chi connectivity index (χ0) is 12.3. The third-order valence-electron chi connectivity index (χ3n) is 3.91. The third-order valence-corrected chi connectivity index (χ3v) is 3.91. The Kier molecular flexibility index (Phi) is 4.36. The molecule has 1 aliphatic heterocycles. The van der Waals surface area contributed by atoms with Crippen LogP contribution in [0.1, 0.15) is 26.2 Å². The van der Waals surface area contributed by atoms with Gasteiger partial charge in [0.2, 0.25) is 5.91 Å². The van der Waals surface area contributed by atoms with Gasteiger partial charge in [-0.05, 0) is 25.2 Å². The van der Waals surface area contributed by atoms with Crippen molar-refractivity contribution < 1.29 is 9.53 Å². The molecule has 1 amide bonds. The van der Waals surface area contributed by atoms with Gasteiger partial charge >= 0.3 is 0 Å². The summed E-state index contributed by atoms with van der Waals surface area (Å²) in [5.41, 5.74) is 9.01. The Balaban J connectivity index is 1.79. The number of amides is 1. The fourth-order valence-corrected chi connectivity index (χ4v) is 2.52. The topological polar surface area (TPSA) is 67.6 Å². The van der Waals surface area contributed by atoms with Gasteiger partial charge in [0.25, 0.3) is 0 Å². The van der Waals surface area contributed by atoms with Crippen LogP contribution in [-0.4, -0.2) is 43.3 Å². The van der Waals surface area contributed by atoms with Crippen molar-refractivity contribution in [3.05, 3.63) is 0 Å². The van der Waals surface area contributed by atoms with Crippen molar-refractivity contribution in [1.82, 2.24) is 10.4 Å². The molecule has 5 heteroatoms. The van der Waals surface area contributed by atoms with Crippen molar-refractivity contribution in [3.63, 3.8) is 0 Å². The summed E-state index contributed by atoms with van der Waals surface area (Å²) in [6.45, 7) is 5.12. The molecule has 0 aromatic heterocycles. The van der Waals surface area contributed by atoms with Crippen LogP contribution in [0.2, 0.25) is 0 Å². The van der Waals surface area contributed by atoms with E-state index in [4.69, 9.17) is 10.5 Å². The second kappa shape index (κ2) is 5.80. The number of rotatable bonds is 2. The maximum atomic E-state index is 12.1. The summed E-state index contributed by atoms with van der Waals surface area (Å²) >= 11 is 0. The van der Waals surface area contributed by atoms with E-state index in [1.807, 2.05) is 5.01 Å². The lowest BCUT2D eigenvalue weighted by molar-refractivity contribution is -0.133. The Hall–Kier alpha value is -0.650. The molecule has 0 spiro atoms. The predicted molar refractivity (Wildman–Crippen MR) is 65.0 cm³/mol. The van der Waals surface area contributed by atoms with Crippen LogP contribution in [0.4, 0.5) is 0 Å². The Labute approximate surface area is 103 Å². The fraction of sp³-hybridized carbons (Fsp3) is 0.917. The van der Waals surface area contributed by atoms with Crippen molar-refractivity contribution in [1.29, 1.82) is 0 Å². The van der Waals surface area contributed by atoms with Gasteiger partial charge in [-0.25, -0.2) is 5.01 Å². The van der Waals surface area contributed by atoms with E-state index in [0.717, 1.165) is 32.4 Å². The minimum atomic E-state index is 0.0871. The minimum Gasteiger partial charge on any atom is -0.379 e. The van der Waals surface area contributed by atoms with Gasteiger partial charge in [-0.2, -0.15) is 0 Å². The van der Waals surface area contributed by atoms with Crippen LogP contribution in [0.15, 0.2) is 0 Å². The number of nitrogens with one attached hydrogen (secondary N) is 1. The molecular weight excluding hydrogens is 218 g/mol. The largest absolute Gasteiger partial charge is 0.379 e. The SMILES string of the molecule is CC1CCC(C(=O)NN2CCOCC2)CC1N. The number of hydrazine groups is 1. The molecule has 0 bridgehead atoms. The van der Waals surface area contributed by atoms with Crippen LogP contribution >= 0.6 is 0 Å². The van der Waals surface area contributed by atoms with Crippen LogP contribution < -0.4 is 11.2 Å². The number of nitrogens with two attached hydrogens (primary N) is 1. The number of carbonyl (C=O) groups is 1. The molecule has 1 heterocycles. The van der Waals surface area contributed by atoms with E-state index in [1.165, 1.54) is 0 Å². The first-order valence-corrected chi connectivity index (χ1v) is 6.55. The number of nitrogens with zero attached hydrogens (tertiary/aromatic N) is 1. The normalized spacial score (nSPS) is 35.5. The molecule has 1 saturated carbocycles. The highest BCUT2D eigenvalue weighted by atomic mass is 16.5. The molecule has 0 aromatic rings. The van der Waals surface area contributed by atoms with Crippen LogP contribution in [0, 0.1) is 11.8 Å². The zero-order valence-corrected chi connectivity index (χ0v) is 10.5. The Morgan fingerprint density at radius 2 is 2.06 bits per heavy atom. The third kappa shape index (κ3) is 3.40. The van der Waals surface area contributed by atoms with Crippen molar-refractivity contribution in [2.24, 2.45) is 17.6 Å². The summed E-state index contributed by atoms with van der Waals surface area (Å²) in [6.07, 6.45) is 2.84. The molecule has 98 valence electrons. The monoisotopic (exact) mass is 241 g/mol. The molecule has 3 unspecified atom stereocenters. The predicted octanol–water partition coefficient (Wildman–Crippen LogP) is 0.113. The summed E-state index contributed by atoms with van der Waals surface area (Å²) in [6, 6.07) is 0.171. The lowest BCUT2D eigenvalue weighted by Crippen LogP contribution is -2.51. The van der Waals surface area contributed by atoms with Gasteiger partial charge < -0.3 is 10.5 Å². The summed E-state index contributed by atoms with van der Waals surface area (Å²) in [7, 11) is 0. The molecule has 2 rings (SSSR count). The molecule has 5 nitrogen and oxygen atoms in total. The van der Waals surface area contributed by atoms with Gasteiger partial charge in [0.05, 0.1) is 13.2 Å². The van der Waals surface area contributed by atoms with Crippen LogP contribution in [0.3, 0.4) is 0 Å². The fourth-order valence-electron chi connectivity index (χ4n) is 2.52. The van der Waals surface area contributed by atoms with Crippen LogP contribution in [-0.2, 0) is 9.53 Å². The first-order valence-electron chi connectivity index (χ1n) is 6.55. The summed E-state index contributed by atoms with van der Waals surface area (Å²) in [5, 5.41) is 1.95. The molecule has 0 aromatic carbocycles. The highest BCUT2D eigenvalue weighted by molar-refractivity contribution is 5.78. The lowest BCUT2D eigenvalue weighted by Gasteiger charge is -2.33. The Morgan fingerprint density at radius 1 is 1.35 bits per heavy atom. The number of hydrogen-bond donors (Lipinski definition) is 2. The van der Waals surface area contributed by atoms with E-state index in [9.17, 15) is 4.79 Å². The van der Waals surface area contributed by atoms with E-state index in [-0.39, 0.29) is 17.9 Å². The number of carbonyl (C=O) groups excluding carboxylic acids is 1. The maximum absolute atomic E-state index is 12.1. The molecule has 3 atom stereocenters. The summed E-state index contributed by atoms with van der Waals surface area (Å²) in [5.74, 6) is 0.765. The van der Waals surface area contributed by atoms with Gasteiger partial charge in [-0.1, -0.05) is 6.92 Å².